The molecule has 0 radical (unpaired) electrons. The lowest BCUT2D eigenvalue weighted by Gasteiger charge is -2.23. The smallest absolute Gasteiger partial charge is 0.303 e. The summed E-state index contributed by atoms with van der Waals surface area (Å²) in [5.74, 6) is -1.59. The Balaban J connectivity index is 2.01. The Kier molecular flexibility index (Phi) is 5.40. The summed E-state index contributed by atoms with van der Waals surface area (Å²) in [5, 5.41) is 0. The highest BCUT2D eigenvalue weighted by Crippen LogP contribution is 2.36. The van der Waals surface area contributed by atoms with Gasteiger partial charge in [0.25, 0.3) is 0 Å². The lowest BCUT2D eigenvalue weighted by atomic mass is 10.1. The summed E-state index contributed by atoms with van der Waals surface area (Å²) in [6, 6.07) is 0. The highest BCUT2D eigenvalue weighted by molar-refractivity contribution is 5.81. The predicted molar refractivity (Wildman–Crippen MR) is 91.4 cm³/mol. The standard InChI is InChI=1S/C16H19N5O7/c1-7(22)25-4-10-12(26-8(2)23)13(27-9(3)24)16(28-10)21-6-20-11-14(17)18-5-19-15(11)21/h5-6,10,12-13,16H,4H2,1-3H3,(H2,17,18,19)/t10-,12?,13+,16-/m1/s1. The lowest BCUT2D eigenvalue weighted by Crippen LogP contribution is -2.40. The number of nitrogens with zero attached hydrogens (tertiary/aromatic N) is 4. The van der Waals surface area contributed by atoms with Crippen LogP contribution in [0.15, 0.2) is 12.7 Å². The van der Waals surface area contributed by atoms with Crippen LogP contribution in [-0.4, -0.2) is 62.3 Å². The molecule has 0 aromatic carbocycles. The molecular weight excluding hydrogens is 374 g/mol. The number of carbonyl (C=O) groups excluding carboxylic acids is 3. The summed E-state index contributed by atoms with van der Waals surface area (Å²) >= 11 is 0. The van der Waals surface area contributed by atoms with Gasteiger partial charge >= 0.3 is 17.9 Å². The molecule has 0 bridgehead atoms. The summed E-state index contributed by atoms with van der Waals surface area (Å²) in [5.41, 5.74) is 6.48. The zero-order valence-electron chi connectivity index (χ0n) is 15.4. The van der Waals surface area contributed by atoms with Crippen LogP contribution in [0.5, 0.6) is 0 Å². The zero-order chi connectivity index (χ0) is 20.4. The fourth-order valence-corrected chi connectivity index (χ4v) is 2.97. The molecule has 3 rings (SSSR count). The van der Waals surface area contributed by atoms with Gasteiger partial charge in [0.1, 0.15) is 24.6 Å². The maximum atomic E-state index is 11.7. The minimum atomic E-state index is -1.03. The first-order valence-electron chi connectivity index (χ1n) is 8.34. The Hall–Kier alpha value is -3.28. The SMILES string of the molecule is CC(=O)OC[C@H]1O[C@@H](n2cnc3c(N)ncnc32)[C@@H](OC(C)=O)C1OC(C)=O. The molecule has 2 N–H and O–H groups in total. The number of anilines is 1. The van der Waals surface area contributed by atoms with E-state index in [2.05, 4.69) is 15.0 Å². The first-order chi connectivity index (χ1) is 13.3. The molecule has 1 aliphatic heterocycles. The number of imidazole rings is 1. The van der Waals surface area contributed by atoms with Gasteiger partial charge in [-0.25, -0.2) is 15.0 Å². The summed E-state index contributed by atoms with van der Waals surface area (Å²) in [7, 11) is 0. The van der Waals surface area contributed by atoms with Crippen LogP contribution in [0.2, 0.25) is 0 Å². The molecule has 0 aliphatic carbocycles. The fraction of sp³-hybridized carbons (Fsp3) is 0.500. The van der Waals surface area contributed by atoms with Gasteiger partial charge in [0.05, 0.1) is 6.33 Å². The molecule has 3 heterocycles. The number of nitrogens with two attached hydrogens (primary N) is 1. The van der Waals surface area contributed by atoms with Crippen molar-refractivity contribution in [1.29, 1.82) is 0 Å². The van der Waals surface area contributed by atoms with Gasteiger partial charge in [-0.1, -0.05) is 0 Å². The third-order valence-corrected chi connectivity index (χ3v) is 4.00. The number of hydrogen-bond acceptors (Lipinski definition) is 11. The van der Waals surface area contributed by atoms with Crippen molar-refractivity contribution in [2.45, 2.75) is 45.3 Å². The van der Waals surface area contributed by atoms with Crippen molar-refractivity contribution in [3.8, 4) is 0 Å². The van der Waals surface area contributed by atoms with Crippen LogP contribution >= 0.6 is 0 Å². The molecule has 12 nitrogen and oxygen atoms in total. The fourth-order valence-electron chi connectivity index (χ4n) is 2.97. The van der Waals surface area contributed by atoms with Crippen LogP contribution in [0.1, 0.15) is 27.0 Å². The van der Waals surface area contributed by atoms with Gasteiger partial charge in [0.2, 0.25) is 0 Å². The average Bonchev–Trinajstić information content (AvgIpc) is 3.16. The first-order valence-corrected chi connectivity index (χ1v) is 8.34. The molecule has 0 saturated carbocycles. The highest BCUT2D eigenvalue weighted by Gasteiger charge is 2.51. The number of ether oxygens (including phenoxy) is 4. The average molecular weight is 393 g/mol. The molecule has 12 heteroatoms. The van der Waals surface area contributed by atoms with Crippen LogP contribution in [0, 0.1) is 0 Å². The Morgan fingerprint density at radius 3 is 2.39 bits per heavy atom. The number of aromatic nitrogens is 4. The molecule has 1 saturated heterocycles. The Bertz CT molecular complexity index is 914. The van der Waals surface area contributed by atoms with Gasteiger partial charge in [-0.05, 0) is 0 Å². The summed E-state index contributed by atoms with van der Waals surface area (Å²) in [6.07, 6.45) is -1.22. The van der Waals surface area contributed by atoms with Gasteiger partial charge < -0.3 is 24.7 Å². The predicted octanol–water partition coefficient (Wildman–Crippen LogP) is -0.268. The number of nitrogen functional groups attached to an aromatic ring is 1. The van der Waals surface area contributed by atoms with Crippen molar-refractivity contribution in [3.05, 3.63) is 12.7 Å². The summed E-state index contributed by atoms with van der Waals surface area (Å²) < 4.78 is 23.1. The van der Waals surface area contributed by atoms with Crippen LogP contribution in [0.4, 0.5) is 5.82 Å². The van der Waals surface area contributed by atoms with Crippen LogP contribution in [0.3, 0.4) is 0 Å². The number of rotatable bonds is 5. The van der Waals surface area contributed by atoms with E-state index in [0.29, 0.717) is 11.2 Å². The van der Waals surface area contributed by atoms with Crippen molar-refractivity contribution in [2.75, 3.05) is 12.3 Å². The van der Waals surface area contributed by atoms with E-state index < -0.39 is 42.4 Å². The van der Waals surface area contributed by atoms with Gasteiger partial charge in [0.15, 0.2) is 29.9 Å². The lowest BCUT2D eigenvalue weighted by molar-refractivity contribution is -0.166. The van der Waals surface area contributed by atoms with E-state index >= 15 is 0 Å². The van der Waals surface area contributed by atoms with E-state index in [1.165, 1.54) is 38.0 Å². The number of fused-ring (bicyclic) bond motifs is 1. The minimum Gasteiger partial charge on any atom is -0.463 e. The van der Waals surface area contributed by atoms with Crippen molar-refractivity contribution < 1.29 is 33.3 Å². The van der Waals surface area contributed by atoms with E-state index in [4.69, 9.17) is 24.7 Å². The molecular formula is C16H19N5O7. The molecule has 2 aromatic heterocycles. The van der Waals surface area contributed by atoms with Crippen molar-refractivity contribution in [3.63, 3.8) is 0 Å². The summed E-state index contributed by atoms with van der Waals surface area (Å²) in [6.45, 7) is 3.46. The van der Waals surface area contributed by atoms with E-state index in [0.717, 1.165) is 0 Å². The third-order valence-electron chi connectivity index (χ3n) is 4.00. The first kappa shape index (κ1) is 19.5. The molecule has 2 aromatic rings. The molecule has 28 heavy (non-hydrogen) atoms. The second-order valence-corrected chi connectivity index (χ2v) is 6.10. The highest BCUT2D eigenvalue weighted by atomic mass is 16.7. The molecule has 0 amide bonds. The topological polar surface area (TPSA) is 158 Å². The van der Waals surface area contributed by atoms with Crippen LogP contribution in [-0.2, 0) is 33.3 Å². The Labute approximate surface area is 158 Å². The largest absolute Gasteiger partial charge is 0.463 e. The van der Waals surface area contributed by atoms with Crippen molar-refractivity contribution in [1.82, 2.24) is 19.5 Å². The molecule has 1 unspecified atom stereocenters. The van der Waals surface area contributed by atoms with Gasteiger partial charge in [-0.15, -0.1) is 0 Å². The number of hydrogen-bond donors (Lipinski definition) is 1. The van der Waals surface area contributed by atoms with E-state index in [1.807, 2.05) is 0 Å². The molecule has 4 atom stereocenters. The second-order valence-electron chi connectivity index (χ2n) is 6.10. The quantitative estimate of drug-likeness (QED) is 0.526. The minimum absolute atomic E-state index is 0.166. The van der Waals surface area contributed by atoms with Gasteiger partial charge in [-0.3, -0.25) is 19.0 Å². The van der Waals surface area contributed by atoms with E-state index in [9.17, 15) is 14.4 Å². The number of carbonyl (C=O) groups is 3. The Morgan fingerprint density at radius 1 is 1.07 bits per heavy atom. The number of esters is 3. The maximum absolute atomic E-state index is 11.7. The second kappa shape index (κ2) is 7.76. The van der Waals surface area contributed by atoms with Gasteiger partial charge in [-0.2, -0.15) is 0 Å². The Morgan fingerprint density at radius 2 is 1.75 bits per heavy atom. The maximum Gasteiger partial charge on any atom is 0.303 e. The zero-order valence-corrected chi connectivity index (χ0v) is 15.4. The molecule has 1 aliphatic rings. The molecule has 1 fully saturated rings. The van der Waals surface area contributed by atoms with Crippen LogP contribution < -0.4 is 5.73 Å². The van der Waals surface area contributed by atoms with Gasteiger partial charge in [0, 0.05) is 20.8 Å². The molecule has 0 spiro atoms. The molecule has 150 valence electrons. The third kappa shape index (κ3) is 3.86. The summed E-state index contributed by atoms with van der Waals surface area (Å²) in [4.78, 5) is 46.6. The normalized spacial score (nSPS) is 24.1. The van der Waals surface area contributed by atoms with E-state index in [1.54, 1.807) is 0 Å². The monoisotopic (exact) mass is 393 g/mol. The van der Waals surface area contributed by atoms with Crippen molar-refractivity contribution in [2.24, 2.45) is 0 Å². The van der Waals surface area contributed by atoms with E-state index in [-0.39, 0.29) is 12.4 Å². The van der Waals surface area contributed by atoms with Crippen molar-refractivity contribution >= 4 is 34.9 Å². The van der Waals surface area contributed by atoms with Crippen LogP contribution in [0.25, 0.3) is 11.2 Å².